The van der Waals surface area contributed by atoms with Crippen molar-refractivity contribution in [1.82, 2.24) is 10.2 Å². The summed E-state index contributed by atoms with van der Waals surface area (Å²) in [5.74, 6) is 0.139. The zero-order valence-electron chi connectivity index (χ0n) is 15.1. The lowest BCUT2D eigenvalue weighted by Gasteiger charge is -2.08. The number of rotatable bonds is 4. The number of phenols is 1. The molecule has 144 valence electrons. The van der Waals surface area contributed by atoms with Crippen LogP contribution in [0.25, 0.3) is 10.9 Å². The molecule has 29 heavy (non-hydrogen) atoms. The summed E-state index contributed by atoms with van der Waals surface area (Å²) in [4.78, 5) is 24.5. The van der Waals surface area contributed by atoms with E-state index in [2.05, 4.69) is 26.1 Å². The van der Waals surface area contributed by atoms with Gasteiger partial charge in [-0.2, -0.15) is 5.10 Å². The molecule has 3 amide bonds. The van der Waals surface area contributed by atoms with Crippen molar-refractivity contribution in [2.45, 2.75) is 0 Å². The highest BCUT2D eigenvalue weighted by atomic mass is 16.3. The highest BCUT2D eigenvalue weighted by Gasteiger charge is 2.12. The third kappa shape index (κ3) is 4.16. The number of nitrogens with zero attached hydrogens (tertiary/aromatic N) is 1. The summed E-state index contributed by atoms with van der Waals surface area (Å²) in [5, 5.41) is 25.2. The molecule has 1 aromatic heterocycles. The first kappa shape index (κ1) is 18.1. The van der Waals surface area contributed by atoms with Gasteiger partial charge in [0, 0.05) is 28.4 Å². The van der Waals surface area contributed by atoms with Crippen molar-refractivity contribution in [1.29, 1.82) is 0 Å². The Morgan fingerprint density at radius 3 is 2.24 bits per heavy atom. The summed E-state index contributed by atoms with van der Waals surface area (Å²) in [6.07, 6.45) is 0. The topological polar surface area (TPSA) is 119 Å². The average molecular weight is 387 g/mol. The molecule has 4 aromatic rings. The number of urea groups is 1. The number of nitrogens with one attached hydrogen (secondary N) is 4. The van der Waals surface area contributed by atoms with Crippen LogP contribution >= 0.6 is 0 Å². The predicted octanol–water partition coefficient (Wildman–Crippen LogP) is 4.16. The third-order valence-corrected chi connectivity index (χ3v) is 4.21. The SMILES string of the molecule is O=C(Nc1ccccc1)Nc1ccc(C(=O)Nc2n[nH]c3cc(O)ccc23)cc1. The van der Waals surface area contributed by atoms with Gasteiger partial charge in [-0.25, -0.2) is 4.79 Å². The highest BCUT2D eigenvalue weighted by molar-refractivity contribution is 6.08. The molecule has 0 saturated carbocycles. The maximum atomic E-state index is 12.5. The van der Waals surface area contributed by atoms with Crippen LogP contribution in [-0.2, 0) is 0 Å². The number of para-hydroxylation sites is 1. The molecule has 0 atom stereocenters. The Morgan fingerprint density at radius 2 is 1.52 bits per heavy atom. The number of aromatic nitrogens is 2. The van der Waals surface area contributed by atoms with Crippen LogP contribution in [0.3, 0.4) is 0 Å². The van der Waals surface area contributed by atoms with Crippen molar-refractivity contribution in [3.05, 3.63) is 78.4 Å². The van der Waals surface area contributed by atoms with Crippen molar-refractivity contribution in [2.24, 2.45) is 0 Å². The first-order valence-corrected chi connectivity index (χ1v) is 8.80. The fraction of sp³-hybridized carbons (Fsp3) is 0. The van der Waals surface area contributed by atoms with Gasteiger partial charge in [0.15, 0.2) is 5.82 Å². The number of amides is 3. The first-order chi connectivity index (χ1) is 14.1. The lowest BCUT2D eigenvalue weighted by molar-refractivity contribution is 0.102. The summed E-state index contributed by atoms with van der Waals surface area (Å²) >= 11 is 0. The number of H-pyrrole nitrogens is 1. The van der Waals surface area contributed by atoms with E-state index in [1.807, 2.05) is 18.2 Å². The molecule has 1 heterocycles. The van der Waals surface area contributed by atoms with E-state index in [4.69, 9.17) is 0 Å². The van der Waals surface area contributed by atoms with E-state index in [0.717, 1.165) is 0 Å². The van der Waals surface area contributed by atoms with Gasteiger partial charge in [-0.15, -0.1) is 0 Å². The van der Waals surface area contributed by atoms with Crippen LogP contribution < -0.4 is 16.0 Å². The van der Waals surface area contributed by atoms with Gasteiger partial charge in [-0.1, -0.05) is 18.2 Å². The van der Waals surface area contributed by atoms with E-state index in [0.29, 0.717) is 33.7 Å². The van der Waals surface area contributed by atoms with Crippen molar-refractivity contribution in [3.63, 3.8) is 0 Å². The maximum absolute atomic E-state index is 12.5. The Morgan fingerprint density at radius 1 is 0.828 bits per heavy atom. The number of aromatic hydroxyl groups is 1. The maximum Gasteiger partial charge on any atom is 0.323 e. The summed E-state index contributed by atoms with van der Waals surface area (Å²) in [6.45, 7) is 0. The number of carbonyl (C=O) groups excluding carboxylic acids is 2. The molecule has 0 unspecified atom stereocenters. The lowest BCUT2D eigenvalue weighted by atomic mass is 10.2. The second-order valence-corrected chi connectivity index (χ2v) is 6.28. The van der Waals surface area contributed by atoms with E-state index in [-0.39, 0.29) is 17.7 Å². The Kier molecular flexibility index (Phi) is 4.81. The Hall–Kier alpha value is -4.33. The Bertz CT molecular complexity index is 1170. The van der Waals surface area contributed by atoms with E-state index >= 15 is 0 Å². The third-order valence-electron chi connectivity index (χ3n) is 4.21. The van der Waals surface area contributed by atoms with Crippen LogP contribution in [0.1, 0.15) is 10.4 Å². The second kappa shape index (κ2) is 7.73. The molecule has 0 aliphatic heterocycles. The zero-order valence-corrected chi connectivity index (χ0v) is 15.1. The Balaban J connectivity index is 1.40. The largest absolute Gasteiger partial charge is 0.508 e. The molecule has 0 bridgehead atoms. The van der Waals surface area contributed by atoms with Crippen LogP contribution in [0.15, 0.2) is 72.8 Å². The molecule has 0 aliphatic rings. The summed E-state index contributed by atoms with van der Waals surface area (Å²) < 4.78 is 0. The molecule has 0 fully saturated rings. The van der Waals surface area contributed by atoms with Crippen molar-refractivity contribution < 1.29 is 14.7 Å². The average Bonchev–Trinajstić information content (AvgIpc) is 3.11. The van der Waals surface area contributed by atoms with Gasteiger partial charge in [0.05, 0.1) is 5.52 Å². The van der Waals surface area contributed by atoms with Crippen LogP contribution in [0, 0.1) is 0 Å². The minimum absolute atomic E-state index is 0.110. The van der Waals surface area contributed by atoms with Crippen molar-refractivity contribution in [2.75, 3.05) is 16.0 Å². The monoisotopic (exact) mass is 387 g/mol. The van der Waals surface area contributed by atoms with Crippen LogP contribution in [0.4, 0.5) is 22.0 Å². The Labute approximate surface area is 165 Å². The molecular weight excluding hydrogens is 370 g/mol. The molecule has 5 N–H and O–H groups in total. The molecule has 4 rings (SSSR count). The van der Waals surface area contributed by atoms with Gasteiger partial charge in [-0.3, -0.25) is 9.89 Å². The van der Waals surface area contributed by atoms with Gasteiger partial charge in [-0.05, 0) is 48.5 Å². The number of anilines is 3. The lowest BCUT2D eigenvalue weighted by Crippen LogP contribution is -2.19. The molecular formula is C21H17N5O3. The van der Waals surface area contributed by atoms with Gasteiger partial charge >= 0.3 is 6.03 Å². The summed E-state index contributed by atoms with van der Waals surface area (Å²) in [5.41, 5.74) is 2.26. The molecule has 8 heteroatoms. The van der Waals surface area contributed by atoms with Gasteiger partial charge in [0.1, 0.15) is 5.75 Å². The standard InChI is InChI=1S/C21H17N5O3/c27-16-10-11-17-18(12-16)25-26-19(17)24-20(28)13-6-8-15(9-7-13)23-21(29)22-14-4-2-1-3-5-14/h1-12,27H,(H2,22,23,29)(H2,24,25,26,28). The smallest absolute Gasteiger partial charge is 0.323 e. The number of phenolic OH excluding ortho intramolecular Hbond substituents is 1. The zero-order chi connectivity index (χ0) is 20.2. The summed E-state index contributed by atoms with van der Waals surface area (Å²) in [7, 11) is 0. The van der Waals surface area contributed by atoms with Crippen LogP contribution in [-0.4, -0.2) is 27.2 Å². The molecule has 0 saturated heterocycles. The summed E-state index contributed by atoms with van der Waals surface area (Å²) in [6, 6.07) is 19.9. The van der Waals surface area contributed by atoms with Gasteiger partial charge in [0.2, 0.25) is 0 Å². The van der Waals surface area contributed by atoms with Crippen molar-refractivity contribution >= 4 is 40.0 Å². The minimum atomic E-state index is -0.375. The number of aromatic amines is 1. The highest BCUT2D eigenvalue weighted by Crippen LogP contribution is 2.24. The minimum Gasteiger partial charge on any atom is -0.508 e. The van der Waals surface area contributed by atoms with E-state index in [1.54, 1.807) is 42.5 Å². The van der Waals surface area contributed by atoms with Crippen LogP contribution in [0.5, 0.6) is 5.75 Å². The van der Waals surface area contributed by atoms with E-state index in [9.17, 15) is 14.7 Å². The van der Waals surface area contributed by atoms with E-state index in [1.165, 1.54) is 12.1 Å². The second-order valence-electron chi connectivity index (χ2n) is 6.28. The van der Waals surface area contributed by atoms with Gasteiger partial charge < -0.3 is 21.1 Å². The molecule has 8 nitrogen and oxygen atoms in total. The number of hydrogen-bond donors (Lipinski definition) is 5. The molecule has 0 spiro atoms. The normalized spacial score (nSPS) is 10.5. The number of benzene rings is 3. The molecule has 3 aromatic carbocycles. The molecule has 0 aliphatic carbocycles. The fourth-order valence-corrected chi connectivity index (χ4v) is 2.80. The van der Waals surface area contributed by atoms with Gasteiger partial charge in [0.25, 0.3) is 5.91 Å². The van der Waals surface area contributed by atoms with Crippen molar-refractivity contribution in [3.8, 4) is 5.75 Å². The number of fused-ring (bicyclic) bond motifs is 1. The molecule has 0 radical (unpaired) electrons. The first-order valence-electron chi connectivity index (χ1n) is 8.80. The number of carbonyl (C=O) groups is 2. The predicted molar refractivity (Wildman–Crippen MR) is 111 cm³/mol. The quantitative estimate of drug-likeness (QED) is 0.361. The van der Waals surface area contributed by atoms with Crippen LogP contribution in [0.2, 0.25) is 0 Å². The fourth-order valence-electron chi connectivity index (χ4n) is 2.80. The van der Waals surface area contributed by atoms with E-state index < -0.39 is 0 Å². The number of hydrogen-bond acceptors (Lipinski definition) is 4.